The Hall–Kier alpha value is -3.48. The van der Waals surface area contributed by atoms with E-state index in [1.165, 1.54) is 9.47 Å². The molecular weight excluding hydrogens is 493 g/mol. The topological polar surface area (TPSA) is 115 Å². The van der Waals surface area contributed by atoms with Crippen molar-refractivity contribution in [1.29, 1.82) is 0 Å². The molecule has 2 bridgehead atoms. The first kappa shape index (κ1) is 23.0. The van der Waals surface area contributed by atoms with Crippen LogP contribution in [0.2, 0.25) is 0 Å². The van der Waals surface area contributed by atoms with E-state index in [0.717, 1.165) is 18.3 Å². The Morgan fingerprint density at radius 1 is 1.19 bits per heavy atom. The predicted molar refractivity (Wildman–Crippen MR) is 110 cm³/mol. The summed E-state index contributed by atoms with van der Waals surface area (Å²) < 4.78 is 77.5. The van der Waals surface area contributed by atoms with Crippen molar-refractivity contribution in [2.75, 3.05) is 0 Å². The Morgan fingerprint density at radius 2 is 1.92 bits per heavy atom. The van der Waals surface area contributed by atoms with Crippen LogP contribution in [-0.2, 0) is 11.3 Å². The molecule has 36 heavy (non-hydrogen) atoms. The van der Waals surface area contributed by atoms with Gasteiger partial charge in [0.2, 0.25) is 5.43 Å². The molecule has 3 heterocycles. The van der Waals surface area contributed by atoms with E-state index in [0.29, 0.717) is 6.07 Å². The highest BCUT2D eigenvalue weighted by Gasteiger charge is 2.73. The summed E-state index contributed by atoms with van der Waals surface area (Å²) in [4.78, 5) is 38.5. The average molecular weight is 511 g/mol. The number of pyridine rings is 1. The Morgan fingerprint density at radius 3 is 2.56 bits per heavy atom. The third kappa shape index (κ3) is 3.04. The Bertz CT molecular complexity index is 1390. The molecular formula is C23H18F5N3O5. The van der Waals surface area contributed by atoms with Crippen LogP contribution in [0.5, 0.6) is 5.75 Å². The fourth-order valence-corrected chi connectivity index (χ4v) is 6.57. The van der Waals surface area contributed by atoms with Crippen LogP contribution in [0.3, 0.4) is 0 Å². The number of hydrogen-bond acceptors (Lipinski definition) is 5. The molecule has 8 nitrogen and oxygen atoms in total. The number of alkyl halides is 3. The molecule has 1 aromatic heterocycles. The monoisotopic (exact) mass is 511 g/mol. The van der Waals surface area contributed by atoms with Crippen molar-refractivity contribution in [1.82, 2.24) is 9.47 Å². The smallest absolute Gasteiger partial charge is 0.396 e. The first-order valence-electron chi connectivity index (χ1n) is 11.2. The minimum atomic E-state index is -4.84. The molecule has 2 amide bonds. The third-order valence-corrected chi connectivity index (χ3v) is 7.89. The lowest BCUT2D eigenvalue weighted by Crippen LogP contribution is -2.59. The predicted octanol–water partition coefficient (Wildman–Crippen LogP) is 2.09. The number of fused-ring (bicyclic) bond motifs is 8. The van der Waals surface area contributed by atoms with Gasteiger partial charge in [0.15, 0.2) is 17.7 Å². The molecule has 4 aliphatic rings. The number of nitrogens with zero attached hydrogens (tertiary/aromatic N) is 2. The van der Waals surface area contributed by atoms with Crippen LogP contribution in [0.15, 0.2) is 29.2 Å². The second kappa shape index (κ2) is 7.28. The maximum Gasteiger partial charge on any atom is 0.396 e. The summed E-state index contributed by atoms with van der Waals surface area (Å²) in [6, 6.07) is 1.27. The maximum atomic E-state index is 14.4. The van der Waals surface area contributed by atoms with E-state index >= 15 is 0 Å². The molecule has 2 aliphatic heterocycles. The van der Waals surface area contributed by atoms with E-state index in [9.17, 15) is 41.4 Å². The average Bonchev–Trinajstić information content (AvgIpc) is 3.42. The standard InChI is InChI=1S/C23H18F5N3O5/c24-7-1-2-8(10(25)3-7)17(23(26,27)28)16-14-11-4-12(15(14)16)36-13-6-30-5-9(21(29)34)19(32)20(33)18(30)22(35)31(11)13/h1-3,5,11-17,33H,4,6H2,(H2,29,34)/t11?,12?,13?,14?,15?,16?,17-/m1/s1. The number of carbonyl (C=O) groups excluding carboxylic acids is 2. The fraction of sp³-hybridized carbons (Fsp3) is 0.435. The summed E-state index contributed by atoms with van der Waals surface area (Å²) in [6.45, 7) is -0.0818. The van der Waals surface area contributed by atoms with Gasteiger partial charge < -0.3 is 25.0 Å². The summed E-state index contributed by atoms with van der Waals surface area (Å²) >= 11 is 0. The molecule has 3 N–H and O–H groups in total. The van der Waals surface area contributed by atoms with Crippen molar-refractivity contribution in [3.63, 3.8) is 0 Å². The summed E-state index contributed by atoms with van der Waals surface area (Å²) in [5, 5.41) is 10.4. The molecule has 1 aromatic carbocycles. The van der Waals surface area contributed by atoms with Gasteiger partial charge in [-0.25, -0.2) is 8.78 Å². The number of ether oxygens (including phenoxy) is 1. The summed E-state index contributed by atoms with van der Waals surface area (Å²) in [6.07, 6.45) is -5.09. The Kier molecular flexibility index (Phi) is 4.64. The molecule has 0 radical (unpaired) electrons. The molecule has 1 saturated heterocycles. The van der Waals surface area contributed by atoms with Crippen molar-refractivity contribution < 1.29 is 41.4 Å². The van der Waals surface area contributed by atoms with Gasteiger partial charge in [0.25, 0.3) is 11.8 Å². The number of amides is 2. The van der Waals surface area contributed by atoms with E-state index in [1.807, 2.05) is 0 Å². The molecule has 2 aliphatic carbocycles. The third-order valence-electron chi connectivity index (χ3n) is 7.89. The first-order chi connectivity index (χ1) is 16.9. The lowest BCUT2D eigenvalue weighted by molar-refractivity contribution is -0.173. The zero-order valence-corrected chi connectivity index (χ0v) is 18.2. The molecule has 3 fully saturated rings. The number of aromatic hydroxyl groups is 1. The lowest BCUT2D eigenvalue weighted by Gasteiger charge is -2.46. The molecule has 13 heteroatoms. The number of halogens is 5. The van der Waals surface area contributed by atoms with Crippen molar-refractivity contribution >= 4 is 11.8 Å². The van der Waals surface area contributed by atoms with E-state index in [1.54, 1.807) is 0 Å². The second-order valence-electron chi connectivity index (χ2n) is 9.65. The number of benzene rings is 1. The molecule has 190 valence electrons. The summed E-state index contributed by atoms with van der Waals surface area (Å²) in [5.74, 6) is -9.83. The minimum Gasteiger partial charge on any atom is -0.503 e. The van der Waals surface area contributed by atoms with Gasteiger partial charge in [0, 0.05) is 23.9 Å². The van der Waals surface area contributed by atoms with Gasteiger partial charge in [-0.1, -0.05) is 6.07 Å². The van der Waals surface area contributed by atoms with Crippen molar-refractivity contribution in [3.05, 3.63) is 63.1 Å². The van der Waals surface area contributed by atoms with Gasteiger partial charge in [-0.05, 0) is 30.2 Å². The maximum absolute atomic E-state index is 14.4. The number of carbonyl (C=O) groups is 2. The van der Waals surface area contributed by atoms with Gasteiger partial charge in [-0.3, -0.25) is 14.4 Å². The van der Waals surface area contributed by atoms with Gasteiger partial charge in [0.1, 0.15) is 17.2 Å². The van der Waals surface area contributed by atoms with Crippen LogP contribution in [0.1, 0.15) is 38.7 Å². The molecule has 6 unspecified atom stereocenters. The largest absolute Gasteiger partial charge is 0.503 e. The van der Waals surface area contributed by atoms with E-state index < -0.39 is 99.7 Å². The van der Waals surface area contributed by atoms with E-state index in [4.69, 9.17) is 10.5 Å². The van der Waals surface area contributed by atoms with Crippen LogP contribution in [0.25, 0.3) is 0 Å². The molecule has 2 saturated carbocycles. The van der Waals surface area contributed by atoms with Gasteiger partial charge in [-0.15, -0.1) is 0 Å². The molecule has 6 rings (SSSR count). The number of primary amides is 1. The number of hydrogen-bond donors (Lipinski definition) is 2. The van der Waals surface area contributed by atoms with Crippen LogP contribution in [-0.4, -0.2) is 50.9 Å². The van der Waals surface area contributed by atoms with Gasteiger partial charge in [0.05, 0.1) is 18.6 Å². The quantitative estimate of drug-likeness (QED) is 0.613. The summed E-state index contributed by atoms with van der Waals surface area (Å²) in [7, 11) is 0. The SMILES string of the molecule is NC(=O)c1cn2c(c(O)c1=O)C(=O)N1C(C2)OC2CC1C1C2C1[C@@H](c1ccc(F)cc1F)C(F)(F)F. The number of rotatable bonds is 3. The van der Waals surface area contributed by atoms with Crippen LogP contribution >= 0.6 is 0 Å². The van der Waals surface area contributed by atoms with Gasteiger partial charge >= 0.3 is 6.18 Å². The minimum absolute atomic E-state index is 0.0818. The molecule has 7 atom stereocenters. The zero-order valence-electron chi connectivity index (χ0n) is 18.2. The van der Waals surface area contributed by atoms with E-state index in [-0.39, 0.29) is 13.0 Å². The van der Waals surface area contributed by atoms with Gasteiger partial charge in [-0.2, -0.15) is 13.2 Å². The first-order valence-corrected chi connectivity index (χ1v) is 11.2. The second-order valence-corrected chi connectivity index (χ2v) is 9.65. The van der Waals surface area contributed by atoms with Crippen LogP contribution < -0.4 is 11.2 Å². The van der Waals surface area contributed by atoms with Crippen molar-refractivity contribution in [3.8, 4) is 5.75 Å². The highest BCUT2D eigenvalue weighted by molar-refractivity contribution is 5.99. The van der Waals surface area contributed by atoms with Crippen molar-refractivity contribution in [2.45, 2.75) is 43.4 Å². The lowest BCUT2D eigenvalue weighted by atomic mass is 9.86. The van der Waals surface area contributed by atoms with E-state index in [2.05, 4.69) is 0 Å². The highest BCUT2D eigenvalue weighted by Crippen LogP contribution is 2.69. The fourth-order valence-electron chi connectivity index (χ4n) is 6.57. The number of aromatic nitrogens is 1. The normalized spacial score (nSPS) is 30.9. The molecule has 2 aromatic rings. The Balaban J connectivity index is 1.37. The summed E-state index contributed by atoms with van der Waals surface area (Å²) in [5.41, 5.74) is 2.44. The Labute approximate surface area is 199 Å². The zero-order chi connectivity index (χ0) is 25.8. The van der Waals surface area contributed by atoms with Crippen LogP contribution in [0.4, 0.5) is 22.0 Å². The highest BCUT2D eigenvalue weighted by atomic mass is 19.4. The number of nitrogens with two attached hydrogens (primary N) is 1. The molecule has 0 spiro atoms. The van der Waals surface area contributed by atoms with Crippen molar-refractivity contribution in [2.24, 2.45) is 23.5 Å². The van der Waals surface area contributed by atoms with Crippen LogP contribution in [0, 0.1) is 29.4 Å².